The number of nitrogens with one attached hydrogen (secondary N) is 1. The van der Waals surface area contributed by atoms with Gasteiger partial charge in [0.05, 0.1) is 17.8 Å². The molecule has 2 rings (SSSR count). The molecule has 0 saturated heterocycles. The second kappa shape index (κ2) is 8.08. The van der Waals surface area contributed by atoms with Crippen molar-refractivity contribution in [3.63, 3.8) is 0 Å². The van der Waals surface area contributed by atoms with Crippen LogP contribution < -0.4 is 5.32 Å². The highest BCUT2D eigenvalue weighted by Crippen LogP contribution is 2.33. The maximum atomic E-state index is 13.4. The van der Waals surface area contributed by atoms with Gasteiger partial charge in [-0.2, -0.15) is 18.3 Å². The van der Waals surface area contributed by atoms with E-state index in [0.29, 0.717) is 0 Å². The van der Waals surface area contributed by atoms with E-state index in [1.54, 1.807) is 45.0 Å². The van der Waals surface area contributed by atoms with Crippen LogP contribution in [0.1, 0.15) is 47.5 Å². The van der Waals surface area contributed by atoms with Crippen molar-refractivity contribution in [2.75, 3.05) is 20.6 Å². The second-order valence-electron chi connectivity index (χ2n) is 6.68. The molecule has 27 heavy (non-hydrogen) atoms. The van der Waals surface area contributed by atoms with E-state index in [9.17, 15) is 22.4 Å². The van der Waals surface area contributed by atoms with Crippen LogP contribution >= 0.6 is 0 Å². The van der Waals surface area contributed by atoms with Gasteiger partial charge < -0.3 is 10.2 Å². The van der Waals surface area contributed by atoms with Gasteiger partial charge in [-0.05, 0) is 45.6 Å². The molecule has 1 atom stereocenters. The second-order valence-corrected chi connectivity index (χ2v) is 6.68. The predicted molar refractivity (Wildman–Crippen MR) is 92.8 cm³/mol. The molecule has 0 spiro atoms. The van der Waals surface area contributed by atoms with Crippen molar-refractivity contribution in [2.45, 2.75) is 32.1 Å². The molecule has 0 aliphatic rings. The first-order valence-corrected chi connectivity index (χ1v) is 8.37. The Morgan fingerprint density at radius 1 is 1.22 bits per heavy atom. The zero-order valence-corrected chi connectivity index (χ0v) is 15.5. The summed E-state index contributed by atoms with van der Waals surface area (Å²) >= 11 is 0. The molecule has 0 aliphatic carbocycles. The third kappa shape index (κ3) is 4.85. The van der Waals surface area contributed by atoms with Crippen molar-refractivity contribution < 1.29 is 22.4 Å². The first-order valence-electron chi connectivity index (χ1n) is 8.37. The summed E-state index contributed by atoms with van der Waals surface area (Å²) in [6, 6.07) is 4.86. The summed E-state index contributed by atoms with van der Waals surface area (Å²) in [5, 5.41) is 6.25. The maximum Gasteiger partial charge on any atom is 0.433 e. The highest BCUT2D eigenvalue weighted by atomic mass is 19.4. The lowest BCUT2D eigenvalue weighted by atomic mass is 10.1. The Kier molecular flexibility index (Phi) is 6.25. The number of rotatable bonds is 6. The molecule has 1 heterocycles. The average Bonchev–Trinajstić information content (AvgIpc) is 3.02. The van der Waals surface area contributed by atoms with E-state index in [1.165, 1.54) is 12.1 Å². The number of alkyl halides is 3. The molecule has 2 aromatic rings. The summed E-state index contributed by atoms with van der Waals surface area (Å²) in [5.41, 5.74) is -0.860. The molecule has 5 nitrogen and oxygen atoms in total. The van der Waals surface area contributed by atoms with Crippen LogP contribution in [0.3, 0.4) is 0 Å². The van der Waals surface area contributed by atoms with Crippen LogP contribution in [-0.2, 0) is 6.18 Å². The van der Waals surface area contributed by atoms with E-state index >= 15 is 0 Å². The number of amides is 1. The number of benzene rings is 1. The number of aromatic nitrogens is 2. The number of carbonyl (C=O) groups excluding carboxylic acids is 1. The van der Waals surface area contributed by atoms with E-state index < -0.39 is 35.2 Å². The number of nitrogens with zero attached hydrogens (tertiary/aromatic N) is 3. The number of hydrogen-bond acceptors (Lipinski definition) is 3. The quantitative estimate of drug-likeness (QED) is 0.771. The van der Waals surface area contributed by atoms with E-state index in [1.807, 2.05) is 0 Å². The van der Waals surface area contributed by atoms with Gasteiger partial charge in [-0.3, -0.25) is 9.48 Å². The van der Waals surface area contributed by atoms with E-state index in [2.05, 4.69) is 10.4 Å². The minimum atomic E-state index is -4.70. The van der Waals surface area contributed by atoms with Gasteiger partial charge in [0.15, 0.2) is 5.69 Å². The zero-order chi connectivity index (χ0) is 20.4. The van der Waals surface area contributed by atoms with Crippen molar-refractivity contribution in [2.24, 2.45) is 0 Å². The van der Waals surface area contributed by atoms with E-state index in [0.717, 1.165) is 16.4 Å². The minimum Gasteiger partial charge on any atom is -0.350 e. The Bertz CT molecular complexity index is 782. The SMILES string of the molecule is CC(C)n1ncc(C(=O)NCC(c2ccc(F)cc2)N(C)C)c1C(F)(F)F. The molecule has 148 valence electrons. The van der Waals surface area contributed by atoms with Crippen LogP contribution in [0.2, 0.25) is 0 Å². The minimum absolute atomic E-state index is 0.0572. The van der Waals surface area contributed by atoms with Crippen LogP contribution in [0.4, 0.5) is 17.6 Å². The van der Waals surface area contributed by atoms with E-state index in [-0.39, 0.29) is 12.6 Å². The van der Waals surface area contributed by atoms with Crippen molar-refractivity contribution in [1.29, 1.82) is 0 Å². The molecule has 1 aromatic carbocycles. The molecule has 0 saturated carbocycles. The summed E-state index contributed by atoms with van der Waals surface area (Å²) in [5.74, 6) is -1.25. The molecule has 1 amide bonds. The molecular formula is C18H22F4N4O. The molecule has 0 aliphatic heterocycles. The lowest BCUT2D eigenvalue weighted by molar-refractivity contribution is -0.145. The Balaban J connectivity index is 2.23. The highest BCUT2D eigenvalue weighted by Gasteiger charge is 2.40. The summed E-state index contributed by atoms with van der Waals surface area (Å²) in [6.45, 7) is 3.17. The first-order chi connectivity index (χ1) is 12.5. The normalized spacial score (nSPS) is 13.3. The van der Waals surface area contributed by atoms with Crippen molar-refractivity contribution >= 4 is 5.91 Å². The largest absolute Gasteiger partial charge is 0.433 e. The summed E-state index contributed by atoms with van der Waals surface area (Å²) < 4.78 is 54.1. The number of halogens is 4. The van der Waals surface area contributed by atoms with Crippen LogP contribution in [0.25, 0.3) is 0 Å². The maximum absolute atomic E-state index is 13.4. The van der Waals surface area contributed by atoms with Gasteiger partial charge >= 0.3 is 6.18 Å². The van der Waals surface area contributed by atoms with Crippen LogP contribution in [0.5, 0.6) is 0 Å². The van der Waals surface area contributed by atoms with Crippen molar-refractivity contribution in [3.8, 4) is 0 Å². The van der Waals surface area contributed by atoms with Gasteiger partial charge in [-0.25, -0.2) is 4.39 Å². The van der Waals surface area contributed by atoms with Gasteiger partial charge in [-0.1, -0.05) is 12.1 Å². The first kappa shape index (κ1) is 20.9. The molecule has 1 N–H and O–H groups in total. The standard InChI is InChI=1S/C18H22F4N4O/c1-11(2)26-16(18(20,21)22)14(9-24-26)17(27)23-10-15(25(3)4)12-5-7-13(19)8-6-12/h5-9,11,15H,10H2,1-4H3,(H,23,27). The molecule has 0 radical (unpaired) electrons. The number of hydrogen-bond donors (Lipinski definition) is 1. The van der Waals surface area contributed by atoms with Crippen LogP contribution in [-0.4, -0.2) is 41.2 Å². The lowest BCUT2D eigenvalue weighted by Gasteiger charge is -2.25. The van der Waals surface area contributed by atoms with Gasteiger partial charge in [0.25, 0.3) is 5.91 Å². The van der Waals surface area contributed by atoms with Crippen LogP contribution in [0.15, 0.2) is 30.5 Å². The topological polar surface area (TPSA) is 50.2 Å². The predicted octanol–water partition coefficient (Wildman–Crippen LogP) is 3.65. The zero-order valence-electron chi connectivity index (χ0n) is 15.5. The Morgan fingerprint density at radius 2 is 1.81 bits per heavy atom. The van der Waals surface area contributed by atoms with Crippen molar-refractivity contribution in [1.82, 2.24) is 20.0 Å². The third-order valence-electron chi connectivity index (χ3n) is 4.13. The summed E-state index contributed by atoms with van der Waals surface area (Å²) in [4.78, 5) is 14.2. The third-order valence-corrected chi connectivity index (χ3v) is 4.13. The Morgan fingerprint density at radius 3 is 2.30 bits per heavy atom. The average molecular weight is 386 g/mol. The van der Waals surface area contributed by atoms with Crippen molar-refractivity contribution in [3.05, 3.63) is 53.1 Å². The Hall–Kier alpha value is -2.42. The van der Waals surface area contributed by atoms with Gasteiger partial charge in [0, 0.05) is 12.6 Å². The molecule has 9 heteroatoms. The molecule has 0 bridgehead atoms. The number of carbonyl (C=O) groups is 1. The monoisotopic (exact) mass is 386 g/mol. The van der Waals surface area contributed by atoms with Gasteiger partial charge in [0.1, 0.15) is 5.82 Å². The van der Waals surface area contributed by atoms with E-state index in [4.69, 9.17) is 0 Å². The molecule has 1 unspecified atom stereocenters. The lowest BCUT2D eigenvalue weighted by Crippen LogP contribution is -2.35. The molecule has 0 fully saturated rings. The highest BCUT2D eigenvalue weighted by molar-refractivity contribution is 5.95. The molecular weight excluding hydrogens is 364 g/mol. The van der Waals surface area contributed by atoms with Gasteiger partial charge in [0.2, 0.25) is 0 Å². The fourth-order valence-electron chi connectivity index (χ4n) is 2.77. The summed E-state index contributed by atoms with van der Waals surface area (Å²) in [6.07, 6.45) is -3.77. The fraction of sp³-hybridized carbons (Fsp3) is 0.444. The molecule has 1 aromatic heterocycles. The van der Waals surface area contributed by atoms with Crippen LogP contribution in [0, 0.1) is 5.82 Å². The Labute approximate surface area is 155 Å². The number of likely N-dealkylation sites (N-methyl/N-ethyl adjacent to an activating group) is 1. The fourth-order valence-corrected chi connectivity index (χ4v) is 2.77. The summed E-state index contributed by atoms with van der Waals surface area (Å²) in [7, 11) is 3.52. The van der Waals surface area contributed by atoms with Gasteiger partial charge in [-0.15, -0.1) is 0 Å². The smallest absolute Gasteiger partial charge is 0.350 e.